The van der Waals surface area contributed by atoms with Crippen molar-refractivity contribution in [2.75, 3.05) is 11.9 Å². The van der Waals surface area contributed by atoms with E-state index in [4.69, 9.17) is 4.74 Å². The van der Waals surface area contributed by atoms with Crippen LogP contribution in [0.2, 0.25) is 0 Å². The molecule has 1 aromatic heterocycles. The van der Waals surface area contributed by atoms with Crippen LogP contribution in [0.15, 0.2) is 33.9 Å². The molecule has 1 heterocycles. The van der Waals surface area contributed by atoms with Crippen molar-refractivity contribution < 1.29 is 27.8 Å². The second kappa shape index (κ2) is 14.0. The zero-order chi connectivity index (χ0) is 28.3. The highest BCUT2D eigenvalue weighted by molar-refractivity contribution is 5.76. The molecule has 2 aromatic rings. The quantitative estimate of drug-likeness (QED) is 0.298. The molecular weight excluding hydrogens is 505 g/mol. The van der Waals surface area contributed by atoms with Crippen LogP contribution >= 0.6 is 0 Å². The predicted octanol–water partition coefficient (Wildman–Crippen LogP) is 4.61. The maximum absolute atomic E-state index is 12.9. The lowest BCUT2D eigenvalue weighted by Gasteiger charge is -2.21. The summed E-state index contributed by atoms with van der Waals surface area (Å²) in [6.45, 7) is 5.16. The molecular formula is C26H37F3N4O5. The number of hydrogen-bond donors (Lipinski definition) is 2. The van der Waals surface area contributed by atoms with Crippen molar-refractivity contribution in [2.45, 2.75) is 97.0 Å². The Labute approximate surface area is 219 Å². The van der Waals surface area contributed by atoms with Gasteiger partial charge in [-0.15, -0.1) is 5.10 Å². The summed E-state index contributed by atoms with van der Waals surface area (Å²) in [5.41, 5.74) is -1.82. The number of aliphatic carboxylic acids is 1. The molecule has 0 amide bonds. The van der Waals surface area contributed by atoms with Gasteiger partial charge in [0.25, 0.3) is 5.56 Å². The second-order valence-corrected chi connectivity index (χ2v) is 9.68. The molecule has 0 bridgehead atoms. The number of unbranched alkanes of at least 4 members (excludes halogenated alkanes) is 4. The molecule has 0 aliphatic rings. The molecule has 212 valence electrons. The first kappa shape index (κ1) is 30.9. The van der Waals surface area contributed by atoms with E-state index in [1.807, 2.05) is 0 Å². The Hall–Kier alpha value is -3.31. The normalized spacial score (nSPS) is 11.9. The number of aromatic nitrogens is 3. The van der Waals surface area contributed by atoms with E-state index in [0.717, 1.165) is 40.5 Å². The number of nitrogens with zero attached hydrogens (tertiary/aromatic N) is 3. The molecule has 2 rings (SSSR count). The first-order valence-electron chi connectivity index (χ1n) is 12.9. The van der Waals surface area contributed by atoms with E-state index >= 15 is 0 Å². The summed E-state index contributed by atoms with van der Waals surface area (Å²) in [5, 5.41) is 16.1. The fraction of sp³-hybridized carbons (Fsp3) is 0.615. The van der Waals surface area contributed by atoms with Crippen LogP contribution in [-0.2, 0) is 24.3 Å². The summed E-state index contributed by atoms with van der Waals surface area (Å²) in [6, 6.07) is 6.80. The number of carboxylic acid groups (broad SMARTS) is 1. The zero-order valence-electron chi connectivity index (χ0n) is 22.1. The summed E-state index contributed by atoms with van der Waals surface area (Å²) in [7, 11) is 0. The van der Waals surface area contributed by atoms with Crippen LogP contribution in [0.1, 0.15) is 71.3 Å². The van der Waals surface area contributed by atoms with Crippen LogP contribution in [0.4, 0.5) is 19.0 Å². The maximum Gasteiger partial charge on any atom is 0.389 e. The molecule has 9 nitrogen and oxygen atoms in total. The topological polar surface area (TPSA) is 115 Å². The van der Waals surface area contributed by atoms with Gasteiger partial charge >= 0.3 is 17.8 Å². The van der Waals surface area contributed by atoms with Crippen molar-refractivity contribution in [3.63, 3.8) is 0 Å². The van der Waals surface area contributed by atoms with Gasteiger partial charge in [-0.1, -0.05) is 44.7 Å². The van der Waals surface area contributed by atoms with Gasteiger partial charge in [0.05, 0.1) is 0 Å². The molecule has 0 radical (unpaired) electrons. The number of ether oxygens (including phenoxy) is 1. The molecule has 0 aliphatic carbocycles. The molecule has 1 aromatic carbocycles. The van der Waals surface area contributed by atoms with E-state index in [-0.39, 0.29) is 31.9 Å². The van der Waals surface area contributed by atoms with E-state index in [1.165, 1.54) is 13.8 Å². The Morgan fingerprint density at radius 1 is 1.03 bits per heavy atom. The monoisotopic (exact) mass is 542 g/mol. The molecule has 0 unspecified atom stereocenters. The van der Waals surface area contributed by atoms with E-state index < -0.39 is 35.4 Å². The van der Waals surface area contributed by atoms with Crippen LogP contribution in [0, 0.1) is 0 Å². The van der Waals surface area contributed by atoms with Gasteiger partial charge in [-0.05, 0) is 50.8 Å². The molecule has 0 saturated carbocycles. The second-order valence-electron chi connectivity index (χ2n) is 9.68. The third-order valence-corrected chi connectivity index (χ3v) is 5.95. The van der Waals surface area contributed by atoms with E-state index in [1.54, 1.807) is 24.3 Å². The molecule has 0 atom stereocenters. The van der Waals surface area contributed by atoms with Crippen molar-refractivity contribution in [3.8, 4) is 5.75 Å². The highest BCUT2D eigenvalue weighted by Gasteiger charge is 2.29. The molecule has 2 N–H and O–H groups in total. The van der Waals surface area contributed by atoms with Crippen LogP contribution in [0.5, 0.6) is 5.75 Å². The Kier molecular flexibility index (Phi) is 11.4. The van der Waals surface area contributed by atoms with Crippen molar-refractivity contribution in [3.05, 3.63) is 50.7 Å². The minimum atomic E-state index is -4.34. The minimum Gasteiger partial charge on any atom is -0.478 e. The highest BCUT2D eigenvalue weighted by Crippen LogP contribution is 2.21. The first-order valence-corrected chi connectivity index (χ1v) is 12.9. The number of carboxylic acids is 1. The Morgan fingerprint density at radius 3 is 2.29 bits per heavy atom. The van der Waals surface area contributed by atoms with E-state index in [2.05, 4.69) is 17.3 Å². The maximum atomic E-state index is 12.9. The number of carbonyl (C=O) groups is 1. The van der Waals surface area contributed by atoms with Gasteiger partial charge in [-0.25, -0.2) is 14.3 Å². The summed E-state index contributed by atoms with van der Waals surface area (Å²) in [4.78, 5) is 37.0. The number of benzene rings is 1. The summed E-state index contributed by atoms with van der Waals surface area (Å²) < 4.78 is 45.3. The molecule has 0 saturated heterocycles. The fourth-order valence-electron chi connectivity index (χ4n) is 3.70. The minimum absolute atomic E-state index is 0.0895. The van der Waals surface area contributed by atoms with Gasteiger partial charge < -0.3 is 15.2 Å². The van der Waals surface area contributed by atoms with Gasteiger partial charge in [0.1, 0.15) is 5.75 Å². The predicted molar refractivity (Wildman–Crippen MR) is 138 cm³/mol. The largest absolute Gasteiger partial charge is 0.478 e. The number of nitrogens with one attached hydrogen (secondary N) is 1. The number of hydrogen-bond acceptors (Lipinski definition) is 6. The number of anilines is 1. The van der Waals surface area contributed by atoms with Crippen molar-refractivity contribution in [1.29, 1.82) is 0 Å². The first-order chi connectivity index (χ1) is 17.8. The lowest BCUT2D eigenvalue weighted by Crippen LogP contribution is -2.43. The van der Waals surface area contributed by atoms with Crippen molar-refractivity contribution >= 4 is 11.8 Å². The Morgan fingerprint density at radius 2 is 1.68 bits per heavy atom. The average molecular weight is 543 g/mol. The highest BCUT2D eigenvalue weighted by atomic mass is 19.4. The van der Waals surface area contributed by atoms with Gasteiger partial charge in [0, 0.05) is 26.1 Å². The van der Waals surface area contributed by atoms with Crippen molar-refractivity contribution in [2.24, 2.45) is 0 Å². The average Bonchev–Trinajstić information content (AvgIpc) is 2.83. The molecule has 0 aliphatic heterocycles. The van der Waals surface area contributed by atoms with Gasteiger partial charge in [-0.3, -0.25) is 9.36 Å². The third-order valence-electron chi connectivity index (χ3n) is 5.95. The molecule has 0 fully saturated rings. The Bertz CT molecular complexity index is 1160. The summed E-state index contributed by atoms with van der Waals surface area (Å²) >= 11 is 0. The van der Waals surface area contributed by atoms with Crippen LogP contribution in [0.3, 0.4) is 0 Å². The molecule has 12 heteroatoms. The van der Waals surface area contributed by atoms with Crippen molar-refractivity contribution in [1.82, 2.24) is 14.3 Å². The third kappa shape index (κ3) is 9.86. The summed E-state index contributed by atoms with van der Waals surface area (Å²) in [6.07, 6.45) is -0.748. The van der Waals surface area contributed by atoms with Crippen LogP contribution in [-0.4, -0.2) is 43.7 Å². The number of alkyl halides is 3. The molecule has 38 heavy (non-hydrogen) atoms. The van der Waals surface area contributed by atoms with Gasteiger partial charge in [0.15, 0.2) is 5.60 Å². The van der Waals surface area contributed by atoms with Crippen LogP contribution in [0.25, 0.3) is 0 Å². The fourth-order valence-corrected chi connectivity index (χ4v) is 3.70. The van der Waals surface area contributed by atoms with E-state index in [0.29, 0.717) is 18.6 Å². The standard InChI is InChI=1S/C26H37F3N4O5/c1-4-5-6-7-8-17-32-22(34)21(31-33(24(32)37)18-9-15-26(27,28)29)30-16-14-19-10-12-20(13-11-19)38-25(2,3)23(35)36/h10-13H,4-9,14-18H2,1-3H3,(H,30,31)(H,35,36). The van der Waals surface area contributed by atoms with Gasteiger partial charge in [0.2, 0.25) is 5.82 Å². The Balaban J connectivity index is 2.11. The van der Waals surface area contributed by atoms with E-state index in [9.17, 15) is 32.7 Å². The van der Waals surface area contributed by atoms with Gasteiger partial charge in [-0.2, -0.15) is 13.2 Å². The lowest BCUT2D eigenvalue weighted by molar-refractivity contribution is -0.152. The molecule has 0 spiro atoms. The summed E-state index contributed by atoms with van der Waals surface area (Å²) in [5.74, 6) is -0.790. The number of halogens is 3. The van der Waals surface area contributed by atoms with Crippen LogP contribution < -0.4 is 21.3 Å². The zero-order valence-corrected chi connectivity index (χ0v) is 22.1. The number of aryl methyl sites for hydroxylation is 1. The number of rotatable bonds is 16. The SMILES string of the molecule is CCCCCCCn1c(=O)c(NCCc2ccc(OC(C)(C)C(=O)O)cc2)nn(CCCC(F)(F)F)c1=O. The smallest absolute Gasteiger partial charge is 0.389 e. The lowest BCUT2D eigenvalue weighted by atomic mass is 10.1.